The number of pyridine rings is 1. The lowest BCUT2D eigenvalue weighted by Crippen LogP contribution is -2.41. The Morgan fingerprint density at radius 2 is 2.00 bits per heavy atom. The van der Waals surface area contributed by atoms with E-state index in [1.54, 1.807) is 0 Å². The number of aromatic nitrogens is 1. The zero-order chi connectivity index (χ0) is 14.7. The molecule has 4 atom stereocenters. The van der Waals surface area contributed by atoms with Gasteiger partial charge in [-0.05, 0) is 62.6 Å². The van der Waals surface area contributed by atoms with E-state index in [2.05, 4.69) is 30.3 Å². The highest BCUT2D eigenvalue weighted by Crippen LogP contribution is 2.43. The van der Waals surface area contributed by atoms with Crippen molar-refractivity contribution >= 4 is 0 Å². The SMILES string of the molecule is CNC(Cc1ncccc1C)C1CCC2CCCCC2C1. The van der Waals surface area contributed by atoms with Crippen LogP contribution in [0.1, 0.15) is 56.2 Å². The summed E-state index contributed by atoms with van der Waals surface area (Å²) in [5.41, 5.74) is 2.62. The third-order valence-corrected chi connectivity index (χ3v) is 6.05. The average molecular weight is 286 g/mol. The van der Waals surface area contributed by atoms with Crippen LogP contribution >= 0.6 is 0 Å². The lowest BCUT2D eigenvalue weighted by Gasteiger charge is -2.42. The van der Waals surface area contributed by atoms with Crippen LogP contribution in [-0.4, -0.2) is 18.1 Å². The Balaban J connectivity index is 1.65. The molecule has 2 fully saturated rings. The Morgan fingerprint density at radius 1 is 1.19 bits per heavy atom. The Hall–Kier alpha value is -0.890. The first-order valence-corrected chi connectivity index (χ1v) is 8.85. The van der Waals surface area contributed by atoms with E-state index in [1.165, 1.54) is 56.2 Å². The second-order valence-electron chi connectivity index (χ2n) is 7.24. The fourth-order valence-corrected chi connectivity index (χ4v) is 4.72. The zero-order valence-corrected chi connectivity index (χ0v) is 13.6. The summed E-state index contributed by atoms with van der Waals surface area (Å²) in [4.78, 5) is 4.60. The van der Waals surface area contributed by atoms with Gasteiger partial charge in [0.05, 0.1) is 0 Å². The van der Waals surface area contributed by atoms with Gasteiger partial charge in [0, 0.05) is 24.4 Å². The summed E-state index contributed by atoms with van der Waals surface area (Å²) in [6, 6.07) is 4.83. The van der Waals surface area contributed by atoms with Crippen LogP contribution in [0.15, 0.2) is 18.3 Å². The highest BCUT2D eigenvalue weighted by atomic mass is 14.9. The fraction of sp³-hybridized carbons (Fsp3) is 0.737. The van der Waals surface area contributed by atoms with Crippen molar-refractivity contribution in [2.45, 2.75) is 64.3 Å². The van der Waals surface area contributed by atoms with E-state index in [0.717, 1.165) is 24.2 Å². The molecule has 0 radical (unpaired) electrons. The van der Waals surface area contributed by atoms with Crippen molar-refractivity contribution in [3.63, 3.8) is 0 Å². The van der Waals surface area contributed by atoms with Gasteiger partial charge in [-0.15, -0.1) is 0 Å². The van der Waals surface area contributed by atoms with Crippen LogP contribution in [0.25, 0.3) is 0 Å². The summed E-state index contributed by atoms with van der Waals surface area (Å²) in [6.45, 7) is 2.19. The van der Waals surface area contributed by atoms with E-state index >= 15 is 0 Å². The molecule has 4 unspecified atom stereocenters. The summed E-state index contributed by atoms with van der Waals surface area (Å²) >= 11 is 0. The number of hydrogen-bond acceptors (Lipinski definition) is 2. The molecule has 0 saturated heterocycles. The number of aryl methyl sites for hydroxylation is 1. The number of nitrogens with one attached hydrogen (secondary N) is 1. The van der Waals surface area contributed by atoms with E-state index in [0.29, 0.717) is 6.04 Å². The van der Waals surface area contributed by atoms with Crippen LogP contribution in [0, 0.1) is 24.7 Å². The number of rotatable bonds is 4. The molecule has 0 bridgehead atoms. The number of likely N-dealkylation sites (N-methyl/N-ethyl adjacent to an activating group) is 1. The molecule has 0 aliphatic heterocycles. The van der Waals surface area contributed by atoms with Crippen molar-refractivity contribution in [1.82, 2.24) is 10.3 Å². The summed E-state index contributed by atoms with van der Waals surface area (Å²) in [7, 11) is 2.13. The summed E-state index contributed by atoms with van der Waals surface area (Å²) in [5.74, 6) is 2.90. The minimum Gasteiger partial charge on any atom is -0.316 e. The molecule has 3 rings (SSSR count). The van der Waals surface area contributed by atoms with E-state index in [4.69, 9.17) is 0 Å². The van der Waals surface area contributed by atoms with Crippen molar-refractivity contribution in [2.75, 3.05) is 7.05 Å². The van der Waals surface area contributed by atoms with E-state index in [1.807, 2.05) is 12.3 Å². The molecule has 1 aromatic rings. The molecule has 2 heteroatoms. The normalized spacial score (nSPS) is 30.7. The van der Waals surface area contributed by atoms with Crippen molar-refractivity contribution in [3.8, 4) is 0 Å². The highest BCUT2D eigenvalue weighted by molar-refractivity contribution is 5.18. The van der Waals surface area contributed by atoms with Gasteiger partial charge < -0.3 is 5.32 Å². The van der Waals surface area contributed by atoms with Gasteiger partial charge in [-0.3, -0.25) is 4.98 Å². The van der Waals surface area contributed by atoms with Gasteiger partial charge in [0.1, 0.15) is 0 Å². The molecule has 1 aromatic heterocycles. The number of fused-ring (bicyclic) bond motifs is 1. The summed E-state index contributed by atoms with van der Waals surface area (Å²) in [6.07, 6.45) is 13.3. The molecule has 21 heavy (non-hydrogen) atoms. The molecule has 0 aromatic carbocycles. The van der Waals surface area contributed by atoms with Crippen molar-refractivity contribution in [1.29, 1.82) is 0 Å². The number of hydrogen-bond donors (Lipinski definition) is 1. The smallest absolute Gasteiger partial charge is 0.0448 e. The first-order valence-electron chi connectivity index (χ1n) is 8.85. The van der Waals surface area contributed by atoms with Crippen LogP contribution in [0.3, 0.4) is 0 Å². The number of nitrogens with zero attached hydrogens (tertiary/aromatic N) is 1. The second kappa shape index (κ2) is 6.91. The molecule has 2 aliphatic carbocycles. The van der Waals surface area contributed by atoms with Crippen LogP contribution in [0.5, 0.6) is 0 Å². The first kappa shape index (κ1) is 15.0. The predicted molar refractivity (Wildman–Crippen MR) is 88.3 cm³/mol. The topological polar surface area (TPSA) is 24.9 Å². The molecule has 1 heterocycles. The largest absolute Gasteiger partial charge is 0.316 e. The van der Waals surface area contributed by atoms with Crippen molar-refractivity contribution < 1.29 is 0 Å². The third kappa shape index (κ3) is 3.48. The maximum atomic E-state index is 4.60. The Morgan fingerprint density at radius 3 is 2.76 bits per heavy atom. The van der Waals surface area contributed by atoms with Crippen LogP contribution in [0.4, 0.5) is 0 Å². The van der Waals surface area contributed by atoms with Gasteiger partial charge in [0.2, 0.25) is 0 Å². The maximum absolute atomic E-state index is 4.60. The van der Waals surface area contributed by atoms with Gasteiger partial charge in [0.15, 0.2) is 0 Å². The monoisotopic (exact) mass is 286 g/mol. The Bertz CT molecular complexity index is 457. The van der Waals surface area contributed by atoms with Crippen LogP contribution in [-0.2, 0) is 6.42 Å². The van der Waals surface area contributed by atoms with Crippen LogP contribution in [0.2, 0.25) is 0 Å². The minimum atomic E-state index is 0.599. The van der Waals surface area contributed by atoms with Gasteiger partial charge in [0.25, 0.3) is 0 Å². The molecule has 2 nitrogen and oxygen atoms in total. The van der Waals surface area contributed by atoms with Gasteiger partial charge >= 0.3 is 0 Å². The molecule has 2 saturated carbocycles. The quantitative estimate of drug-likeness (QED) is 0.900. The lowest BCUT2D eigenvalue weighted by molar-refractivity contribution is 0.111. The second-order valence-corrected chi connectivity index (χ2v) is 7.24. The van der Waals surface area contributed by atoms with Gasteiger partial charge in [-0.2, -0.15) is 0 Å². The highest BCUT2D eigenvalue weighted by Gasteiger charge is 2.35. The summed E-state index contributed by atoms with van der Waals surface area (Å²) in [5, 5.41) is 3.60. The molecule has 1 N–H and O–H groups in total. The average Bonchev–Trinajstić information content (AvgIpc) is 2.54. The molecular formula is C19H30N2. The lowest BCUT2D eigenvalue weighted by atomic mass is 9.65. The molecule has 0 amide bonds. The van der Waals surface area contributed by atoms with Crippen LogP contribution < -0.4 is 5.32 Å². The van der Waals surface area contributed by atoms with E-state index in [9.17, 15) is 0 Å². The van der Waals surface area contributed by atoms with Gasteiger partial charge in [-0.25, -0.2) is 0 Å². The molecule has 2 aliphatic rings. The van der Waals surface area contributed by atoms with E-state index in [-0.39, 0.29) is 0 Å². The maximum Gasteiger partial charge on any atom is 0.0448 e. The molecular weight excluding hydrogens is 256 g/mol. The standard InChI is InChI=1S/C19H30N2/c1-14-6-5-11-21-18(14)13-19(20-2)17-10-9-15-7-3-4-8-16(15)12-17/h5-6,11,15-17,19-20H,3-4,7-10,12-13H2,1-2H3. The summed E-state index contributed by atoms with van der Waals surface area (Å²) < 4.78 is 0. The minimum absolute atomic E-state index is 0.599. The fourth-order valence-electron chi connectivity index (χ4n) is 4.72. The zero-order valence-electron chi connectivity index (χ0n) is 13.6. The molecule has 0 spiro atoms. The third-order valence-electron chi connectivity index (χ3n) is 6.05. The van der Waals surface area contributed by atoms with Crippen molar-refractivity contribution in [3.05, 3.63) is 29.6 Å². The van der Waals surface area contributed by atoms with Gasteiger partial charge in [-0.1, -0.05) is 31.7 Å². The first-order chi connectivity index (χ1) is 10.3. The van der Waals surface area contributed by atoms with E-state index < -0.39 is 0 Å². The predicted octanol–water partition coefficient (Wildman–Crippen LogP) is 4.13. The Labute approximate surface area is 129 Å². The van der Waals surface area contributed by atoms with Crippen molar-refractivity contribution in [2.24, 2.45) is 17.8 Å². The Kier molecular flexibility index (Phi) is 4.95. The molecule has 116 valence electrons.